The third kappa shape index (κ3) is 55.6. The Morgan fingerprint density at radius 3 is 1.33 bits per heavy atom. The first-order valence-corrected chi connectivity index (χ1v) is 1.73. The molecule has 0 saturated carbocycles. The van der Waals surface area contributed by atoms with E-state index in [0.29, 0.717) is 22.5 Å². The van der Waals surface area contributed by atoms with E-state index in [1.54, 1.807) is 0 Å². The molecule has 4 nitrogen and oxygen atoms in total. The van der Waals surface area contributed by atoms with E-state index in [2.05, 4.69) is 5.04 Å². The fourth-order valence-corrected chi connectivity index (χ4v) is 0. The molecule has 0 rings (SSSR count). The Kier molecular flexibility index (Phi) is 85.9. The molecule has 0 heterocycles. The molecule has 0 saturated heterocycles. The molecular weight excluding hydrogens is 298 g/mol. The zero-order valence-corrected chi connectivity index (χ0v) is 8.94. The number of hydrogen-bond acceptors (Lipinski definition) is 4. The zero-order valence-electron chi connectivity index (χ0n) is 2.79. The van der Waals surface area contributed by atoms with Crippen LogP contribution in [-0.4, -0.2) is 58.9 Å². The molecular formula is H2InO4Sn. The summed E-state index contributed by atoms with van der Waals surface area (Å²) in [7, 11) is 0. The molecule has 5 radical (unpaired) electrons. The van der Waals surface area contributed by atoms with E-state index in [1.165, 1.54) is 0 Å². The summed E-state index contributed by atoms with van der Waals surface area (Å²) in [5.41, 5.74) is 0. The van der Waals surface area contributed by atoms with Crippen LogP contribution in [0, 0.1) is 0 Å². The van der Waals surface area contributed by atoms with Crippen LogP contribution in [0.5, 0.6) is 0 Å². The maximum atomic E-state index is 8.34. The second-order valence-corrected chi connectivity index (χ2v) is 0.0816. The van der Waals surface area contributed by atoms with Crippen LogP contribution in [0.25, 0.3) is 0 Å². The summed E-state index contributed by atoms with van der Waals surface area (Å²) in [6.45, 7) is 0. The van der Waals surface area contributed by atoms with E-state index in [1.807, 2.05) is 0 Å². The monoisotopic (exact) mass is 301 g/mol. The van der Waals surface area contributed by atoms with Crippen molar-refractivity contribution in [1.82, 2.24) is 0 Å². The Balaban J connectivity index is -0.0000000275. The molecule has 0 aromatic carbocycles. The van der Waals surface area contributed by atoms with E-state index >= 15 is 0 Å². The van der Waals surface area contributed by atoms with E-state index in [4.69, 9.17) is 13.6 Å². The molecule has 6 heavy (non-hydrogen) atoms. The van der Waals surface area contributed by atoms with Gasteiger partial charge in [0.1, 0.15) is 0 Å². The topological polar surface area (TPSA) is 66.8 Å². The van der Waals surface area contributed by atoms with Crippen LogP contribution in [0.15, 0.2) is 0 Å². The first kappa shape index (κ1) is 15.7. The van der Waals surface area contributed by atoms with Gasteiger partial charge >= 0.3 is 25.6 Å². The SMILES string of the molecule is OOO.[In].[O]=[Sn]. The third-order valence-corrected chi connectivity index (χ3v) is 0. The summed E-state index contributed by atoms with van der Waals surface area (Å²) in [6, 6.07) is 0. The van der Waals surface area contributed by atoms with Gasteiger partial charge in [-0.3, -0.25) is 0 Å². The van der Waals surface area contributed by atoms with Gasteiger partial charge in [-0.15, -0.1) is 0 Å². The molecule has 0 aliphatic rings. The first-order chi connectivity index (χ1) is 2.41. The molecule has 6 heteroatoms. The number of rotatable bonds is 0. The van der Waals surface area contributed by atoms with Crippen LogP contribution in [0.4, 0.5) is 0 Å². The van der Waals surface area contributed by atoms with Crippen molar-refractivity contribution >= 4 is 48.4 Å². The molecule has 0 aliphatic carbocycles. The fraction of sp³-hybridized carbons (Fsp3) is 0. The summed E-state index contributed by atoms with van der Waals surface area (Å²) in [5, 5.41) is 15.5. The van der Waals surface area contributed by atoms with E-state index in [-0.39, 0.29) is 25.8 Å². The predicted molar refractivity (Wildman–Crippen MR) is 18.5 cm³/mol. The van der Waals surface area contributed by atoms with Gasteiger partial charge in [-0.05, 0) is 0 Å². The van der Waals surface area contributed by atoms with Crippen LogP contribution < -0.4 is 0 Å². The molecule has 0 fully saturated rings. The van der Waals surface area contributed by atoms with Gasteiger partial charge in [0.05, 0.1) is 0 Å². The van der Waals surface area contributed by atoms with Crippen molar-refractivity contribution < 1.29 is 18.6 Å². The fourth-order valence-electron chi connectivity index (χ4n) is 0. The van der Waals surface area contributed by atoms with Crippen LogP contribution in [0.1, 0.15) is 0 Å². The van der Waals surface area contributed by atoms with Crippen molar-refractivity contribution in [2.45, 2.75) is 0 Å². The Morgan fingerprint density at radius 1 is 1.33 bits per heavy atom. The summed E-state index contributed by atoms with van der Waals surface area (Å²) >= 11 is 0.300. The molecule has 0 aliphatic heterocycles. The molecule has 0 unspecified atom stereocenters. The van der Waals surface area contributed by atoms with Gasteiger partial charge in [0, 0.05) is 25.8 Å². The van der Waals surface area contributed by atoms with Gasteiger partial charge in [0.25, 0.3) is 0 Å². The maximum absolute atomic E-state index is 8.34. The zero-order chi connectivity index (χ0) is 4.71. The molecule has 0 aromatic heterocycles. The van der Waals surface area contributed by atoms with Gasteiger partial charge in [0.2, 0.25) is 0 Å². The molecule has 33 valence electrons. The van der Waals surface area contributed by atoms with Gasteiger partial charge in [-0.1, -0.05) is 5.04 Å². The van der Waals surface area contributed by atoms with Crippen molar-refractivity contribution in [1.29, 1.82) is 0 Å². The van der Waals surface area contributed by atoms with Gasteiger partial charge in [0.15, 0.2) is 0 Å². The first-order valence-electron chi connectivity index (χ1n) is 0.569. The normalized spacial score (nSPS) is 3.67. The molecule has 2 N–H and O–H groups in total. The second-order valence-electron chi connectivity index (χ2n) is 0.0816. The summed E-state index contributed by atoms with van der Waals surface area (Å²) in [6.07, 6.45) is 0. The summed E-state index contributed by atoms with van der Waals surface area (Å²) in [5.74, 6) is 0. The van der Waals surface area contributed by atoms with Gasteiger partial charge in [-0.2, -0.15) is 0 Å². The van der Waals surface area contributed by atoms with Gasteiger partial charge in [-0.25, -0.2) is 10.5 Å². The van der Waals surface area contributed by atoms with Gasteiger partial charge < -0.3 is 0 Å². The van der Waals surface area contributed by atoms with Crippen molar-refractivity contribution in [3.8, 4) is 0 Å². The average Bonchev–Trinajstić information content (AvgIpc) is 1.46. The summed E-state index contributed by atoms with van der Waals surface area (Å²) in [4.78, 5) is 0. The molecule has 0 atom stereocenters. The van der Waals surface area contributed by atoms with Crippen LogP contribution >= 0.6 is 0 Å². The quantitative estimate of drug-likeness (QED) is 0.344. The third-order valence-electron chi connectivity index (χ3n) is 0. The van der Waals surface area contributed by atoms with E-state index in [9.17, 15) is 0 Å². The summed E-state index contributed by atoms with van der Waals surface area (Å²) < 4.78 is 8.34. The number of hydrogen-bond donors (Lipinski definition) is 2. The molecule has 0 spiro atoms. The minimum atomic E-state index is 0. The predicted octanol–water partition coefficient (Wildman–Crippen LogP) is -0.931. The second kappa shape index (κ2) is 32.9. The average molecular weight is 300 g/mol. The van der Waals surface area contributed by atoms with Crippen LogP contribution in [0.2, 0.25) is 0 Å². The van der Waals surface area contributed by atoms with Crippen molar-refractivity contribution in [3.63, 3.8) is 0 Å². The van der Waals surface area contributed by atoms with Crippen LogP contribution in [0.3, 0.4) is 0 Å². The Labute approximate surface area is 66.6 Å². The van der Waals surface area contributed by atoms with Crippen molar-refractivity contribution in [2.75, 3.05) is 0 Å². The van der Waals surface area contributed by atoms with Crippen molar-refractivity contribution in [3.05, 3.63) is 0 Å². The Bertz CT molecular complexity index is 11.5. The standard InChI is InChI=1S/In.H2O3.O.Sn/c;1-3-2;;/h;1-2H;;. The van der Waals surface area contributed by atoms with E-state index in [0.717, 1.165) is 0 Å². The molecule has 0 bridgehead atoms. The minimum absolute atomic E-state index is 0. The Hall–Kier alpha value is 1.35. The van der Waals surface area contributed by atoms with E-state index < -0.39 is 0 Å². The van der Waals surface area contributed by atoms with Crippen LogP contribution in [-0.2, 0) is 8.12 Å². The van der Waals surface area contributed by atoms with Crippen molar-refractivity contribution in [2.24, 2.45) is 0 Å². The molecule has 0 amide bonds. The Morgan fingerprint density at radius 2 is 1.33 bits per heavy atom. The molecule has 0 aromatic rings.